The van der Waals surface area contributed by atoms with Crippen molar-refractivity contribution < 1.29 is 13.2 Å². The standard InChI is InChI=1S/C20H31N3O3S/c1-14-4-5-18(12-16(14)3)27(25,26)23-10-7-17(8-11-23)20(24)22-19-13-21-9-6-15(19)2/h4-5,12,15,17,19,21H,6-11,13H2,1-3H3,(H,22,24). The van der Waals surface area contributed by atoms with Crippen LogP contribution in [-0.4, -0.2) is 50.9 Å². The monoisotopic (exact) mass is 393 g/mol. The predicted molar refractivity (Wildman–Crippen MR) is 106 cm³/mol. The fourth-order valence-electron chi connectivity index (χ4n) is 3.87. The van der Waals surface area contributed by atoms with Crippen molar-refractivity contribution in [2.24, 2.45) is 11.8 Å². The van der Waals surface area contributed by atoms with Gasteiger partial charge in [-0.2, -0.15) is 4.31 Å². The summed E-state index contributed by atoms with van der Waals surface area (Å²) >= 11 is 0. The van der Waals surface area contributed by atoms with Crippen molar-refractivity contribution in [3.63, 3.8) is 0 Å². The molecule has 0 radical (unpaired) electrons. The van der Waals surface area contributed by atoms with Crippen molar-refractivity contribution in [2.75, 3.05) is 26.2 Å². The lowest BCUT2D eigenvalue weighted by Gasteiger charge is -2.34. The fraction of sp³-hybridized carbons (Fsp3) is 0.650. The van der Waals surface area contributed by atoms with E-state index in [1.807, 2.05) is 19.9 Å². The average molecular weight is 394 g/mol. The number of benzene rings is 1. The first-order chi connectivity index (χ1) is 12.8. The Bertz CT molecular complexity index is 786. The first-order valence-electron chi connectivity index (χ1n) is 9.87. The summed E-state index contributed by atoms with van der Waals surface area (Å²) in [5, 5.41) is 6.49. The molecule has 2 saturated heterocycles. The Morgan fingerprint density at radius 1 is 1.15 bits per heavy atom. The van der Waals surface area contributed by atoms with Crippen LogP contribution in [0.25, 0.3) is 0 Å². The fourth-order valence-corrected chi connectivity index (χ4v) is 5.42. The van der Waals surface area contributed by atoms with E-state index < -0.39 is 10.0 Å². The van der Waals surface area contributed by atoms with Crippen LogP contribution in [0.4, 0.5) is 0 Å². The normalized spacial score (nSPS) is 25.3. The number of nitrogens with zero attached hydrogens (tertiary/aromatic N) is 1. The molecular weight excluding hydrogens is 362 g/mol. The molecule has 2 aliphatic heterocycles. The molecule has 0 aromatic heterocycles. The first-order valence-corrected chi connectivity index (χ1v) is 11.3. The van der Waals surface area contributed by atoms with Gasteiger partial charge in [-0.3, -0.25) is 4.79 Å². The molecule has 3 rings (SSSR count). The number of amides is 1. The summed E-state index contributed by atoms with van der Waals surface area (Å²) in [6.45, 7) is 8.67. The molecule has 0 bridgehead atoms. The summed E-state index contributed by atoms with van der Waals surface area (Å²) in [6.07, 6.45) is 2.21. The van der Waals surface area contributed by atoms with E-state index in [0.717, 1.165) is 30.6 Å². The van der Waals surface area contributed by atoms with Crippen LogP contribution in [0.1, 0.15) is 37.3 Å². The Morgan fingerprint density at radius 2 is 1.85 bits per heavy atom. The second-order valence-electron chi connectivity index (χ2n) is 8.01. The number of piperidine rings is 2. The minimum Gasteiger partial charge on any atom is -0.352 e. The Labute approximate surface area is 162 Å². The molecule has 6 nitrogen and oxygen atoms in total. The largest absolute Gasteiger partial charge is 0.352 e. The molecule has 2 aliphatic rings. The zero-order valence-electron chi connectivity index (χ0n) is 16.5. The third-order valence-corrected chi connectivity index (χ3v) is 7.99. The van der Waals surface area contributed by atoms with Gasteiger partial charge in [-0.25, -0.2) is 8.42 Å². The lowest BCUT2D eigenvalue weighted by Crippen LogP contribution is -2.52. The van der Waals surface area contributed by atoms with Gasteiger partial charge in [0.2, 0.25) is 15.9 Å². The SMILES string of the molecule is Cc1ccc(S(=O)(=O)N2CCC(C(=O)NC3CNCCC3C)CC2)cc1C. The van der Waals surface area contributed by atoms with Crippen LogP contribution in [-0.2, 0) is 14.8 Å². The third-order valence-electron chi connectivity index (χ3n) is 6.10. The number of rotatable bonds is 4. The van der Waals surface area contributed by atoms with Crippen molar-refractivity contribution in [2.45, 2.75) is 51.0 Å². The zero-order valence-corrected chi connectivity index (χ0v) is 17.3. The smallest absolute Gasteiger partial charge is 0.243 e. The van der Waals surface area contributed by atoms with E-state index in [4.69, 9.17) is 0 Å². The molecule has 0 saturated carbocycles. The number of sulfonamides is 1. The van der Waals surface area contributed by atoms with Crippen LogP contribution in [0.2, 0.25) is 0 Å². The van der Waals surface area contributed by atoms with Crippen LogP contribution < -0.4 is 10.6 Å². The van der Waals surface area contributed by atoms with Gasteiger partial charge in [0.15, 0.2) is 0 Å². The average Bonchev–Trinajstić information content (AvgIpc) is 2.65. The summed E-state index contributed by atoms with van der Waals surface area (Å²) in [7, 11) is -3.49. The number of hydrogen-bond donors (Lipinski definition) is 2. The van der Waals surface area contributed by atoms with Gasteiger partial charge in [-0.1, -0.05) is 13.0 Å². The van der Waals surface area contributed by atoms with Crippen LogP contribution in [0.15, 0.2) is 23.1 Å². The number of nitrogens with one attached hydrogen (secondary N) is 2. The topological polar surface area (TPSA) is 78.5 Å². The van der Waals surface area contributed by atoms with Crippen LogP contribution >= 0.6 is 0 Å². The number of aryl methyl sites for hydroxylation is 2. The van der Waals surface area contributed by atoms with Crippen molar-refractivity contribution in [3.8, 4) is 0 Å². The molecule has 0 spiro atoms. The van der Waals surface area contributed by atoms with Crippen LogP contribution in [0, 0.1) is 25.7 Å². The molecule has 27 heavy (non-hydrogen) atoms. The van der Waals surface area contributed by atoms with Crippen LogP contribution in [0.3, 0.4) is 0 Å². The molecule has 2 heterocycles. The zero-order chi connectivity index (χ0) is 19.6. The molecular formula is C20H31N3O3S. The van der Waals surface area contributed by atoms with E-state index in [-0.39, 0.29) is 17.9 Å². The maximum atomic E-state index is 12.9. The van der Waals surface area contributed by atoms with Crippen molar-refractivity contribution in [1.82, 2.24) is 14.9 Å². The quantitative estimate of drug-likeness (QED) is 0.818. The molecule has 2 atom stereocenters. The summed E-state index contributed by atoms with van der Waals surface area (Å²) in [4.78, 5) is 13.0. The van der Waals surface area contributed by atoms with E-state index in [9.17, 15) is 13.2 Å². The van der Waals surface area contributed by atoms with Gasteiger partial charge < -0.3 is 10.6 Å². The van der Waals surface area contributed by atoms with Crippen molar-refractivity contribution in [3.05, 3.63) is 29.3 Å². The van der Waals surface area contributed by atoms with Crippen molar-refractivity contribution in [1.29, 1.82) is 0 Å². The minimum absolute atomic E-state index is 0.0683. The maximum absolute atomic E-state index is 12.9. The Morgan fingerprint density at radius 3 is 2.48 bits per heavy atom. The summed E-state index contributed by atoms with van der Waals surface area (Å²) in [5.74, 6) is 0.435. The predicted octanol–water partition coefficient (Wildman–Crippen LogP) is 1.82. The second-order valence-corrected chi connectivity index (χ2v) is 9.95. The van der Waals surface area contributed by atoms with Gasteiger partial charge in [-0.15, -0.1) is 0 Å². The highest BCUT2D eigenvalue weighted by molar-refractivity contribution is 7.89. The van der Waals surface area contributed by atoms with Gasteiger partial charge in [0.1, 0.15) is 0 Å². The van der Waals surface area contributed by atoms with E-state index >= 15 is 0 Å². The van der Waals surface area contributed by atoms with E-state index in [1.165, 1.54) is 4.31 Å². The Kier molecular flexibility index (Phi) is 6.23. The first kappa shape index (κ1) is 20.3. The molecule has 2 fully saturated rings. The number of carbonyl (C=O) groups is 1. The maximum Gasteiger partial charge on any atom is 0.243 e. The highest BCUT2D eigenvalue weighted by Gasteiger charge is 2.33. The molecule has 2 N–H and O–H groups in total. The molecule has 1 aromatic carbocycles. The van der Waals surface area contributed by atoms with Crippen molar-refractivity contribution >= 4 is 15.9 Å². The molecule has 1 aromatic rings. The summed E-state index contributed by atoms with van der Waals surface area (Å²) in [6, 6.07) is 5.43. The number of carbonyl (C=O) groups excluding carboxylic acids is 1. The lowest BCUT2D eigenvalue weighted by molar-refractivity contribution is -0.127. The highest BCUT2D eigenvalue weighted by Crippen LogP contribution is 2.25. The lowest BCUT2D eigenvalue weighted by atomic mass is 9.92. The summed E-state index contributed by atoms with van der Waals surface area (Å²) < 4.78 is 27.3. The molecule has 1 amide bonds. The van der Waals surface area contributed by atoms with Gasteiger partial charge >= 0.3 is 0 Å². The van der Waals surface area contributed by atoms with Crippen LogP contribution in [0.5, 0.6) is 0 Å². The van der Waals surface area contributed by atoms with E-state index in [1.54, 1.807) is 12.1 Å². The molecule has 2 unspecified atom stereocenters. The van der Waals surface area contributed by atoms with Gasteiger partial charge in [-0.05, 0) is 68.8 Å². The second kappa shape index (κ2) is 8.29. The molecule has 150 valence electrons. The van der Waals surface area contributed by atoms with Gasteiger partial charge in [0, 0.05) is 31.6 Å². The Balaban J connectivity index is 1.59. The van der Waals surface area contributed by atoms with E-state index in [0.29, 0.717) is 36.7 Å². The Hall–Kier alpha value is -1.44. The number of hydrogen-bond acceptors (Lipinski definition) is 4. The minimum atomic E-state index is -3.49. The van der Waals surface area contributed by atoms with E-state index in [2.05, 4.69) is 17.6 Å². The van der Waals surface area contributed by atoms with Gasteiger partial charge in [0.05, 0.1) is 4.90 Å². The molecule has 7 heteroatoms. The molecule has 0 aliphatic carbocycles. The van der Waals surface area contributed by atoms with Gasteiger partial charge in [0.25, 0.3) is 0 Å². The highest BCUT2D eigenvalue weighted by atomic mass is 32.2. The third kappa shape index (κ3) is 4.52. The summed E-state index contributed by atoms with van der Waals surface area (Å²) in [5.41, 5.74) is 2.05.